The first-order valence-corrected chi connectivity index (χ1v) is 9.95. The lowest BCUT2D eigenvalue weighted by Crippen LogP contribution is -2.15. The number of rotatable bonds is 3. The zero-order chi connectivity index (χ0) is 16.7. The monoisotopic (exact) mass is 406 g/mol. The summed E-state index contributed by atoms with van der Waals surface area (Å²) in [4.78, 5) is 4.45. The van der Waals surface area contributed by atoms with E-state index in [4.69, 9.17) is 0 Å². The number of aryl methyl sites for hydroxylation is 2. The van der Waals surface area contributed by atoms with Gasteiger partial charge < -0.3 is 0 Å². The van der Waals surface area contributed by atoms with Crippen LogP contribution >= 0.6 is 15.9 Å². The Hall–Kier alpha value is -1.93. The summed E-state index contributed by atoms with van der Waals surface area (Å²) >= 11 is 3.35. The van der Waals surface area contributed by atoms with Gasteiger partial charge in [0.05, 0.1) is 4.90 Å². The number of nitrogens with one attached hydrogen (secondary N) is 1. The second kappa shape index (κ2) is 5.86. The molecule has 8 heteroatoms. The molecular formula is C16H15BrN4O2S. The maximum absolute atomic E-state index is 12.6. The van der Waals surface area contributed by atoms with Gasteiger partial charge in [-0.05, 0) is 77.0 Å². The predicted molar refractivity (Wildman–Crippen MR) is 94.6 cm³/mol. The van der Waals surface area contributed by atoms with Crippen molar-refractivity contribution in [2.75, 3.05) is 4.72 Å². The first kappa shape index (κ1) is 15.6. The topological polar surface area (TPSA) is 76.4 Å². The molecule has 0 spiro atoms. The van der Waals surface area contributed by atoms with Gasteiger partial charge in [0.1, 0.15) is 0 Å². The highest BCUT2D eigenvalue weighted by atomic mass is 79.9. The Bertz CT molecular complexity index is 1030. The Labute approximate surface area is 148 Å². The summed E-state index contributed by atoms with van der Waals surface area (Å²) in [5, 5.41) is 4.16. The second-order valence-corrected chi connectivity index (χ2v) is 8.43. The molecule has 124 valence electrons. The lowest BCUT2D eigenvalue weighted by atomic mass is 9.92. The van der Waals surface area contributed by atoms with E-state index in [2.05, 4.69) is 30.7 Å². The zero-order valence-corrected chi connectivity index (χ0v) is 15.1. The number of halogens is 1. The fourth-order valence-electron chi connectivity index (χ4n) is 2.96. The molecule has 24 heavy (non-hydrogen) atoms. The first-order valence-electron chi connectivity index (χ1n) is 7.68. The molecule has 3 aromatic rings. The molecule has 1 aromatic carbocycles. The normalized spacial score (nSPS) is 14.5. The van der Waals surface area contributed by atoms with Gasteiger partial charge in [0.25, 0.3) is 16.0 Å². The Balaban J connectivity index is 1.66. The van der Waals surface area contributed by atoms with Crippen LogP contribution in [0.15, 0.2) is 45.9 Å². The molecule has 2 aromatic heterocycles. The van der Waals surface area contributed by atoms with E-state index >= 15 is 0 Å². The van der Waals surface area contributed by atoms with Gasteiger partial charge in [-0.2, -0.15) is 4.98 Å². The molecule has 0 radical (unpaired) electrons. The number of hydrogen-bond donors (Lipinski definition) is 1. The number of pyridine rings is 1. The molecule has 0 saturated carbocycles. The standard InChI is InChI=1S/C16H15BrN4O2S/c17-13-6-8-15-18-16(19-21(15)10-13)20-24(22,23)14-7-5-11-3-1-2-4-12(11)9-14/h5-10H,1-4H2,(H,19,20). The smallest absolute Gasteiger partial charge is 0.246 e. The Kier molecular flexibility index (Phi) is 3.80. The van der Waals surface area contributed by atoms with Crippen molar-refractivity contribution in [2.45, 2.75) is 30.6 Å². The minimum absolute atomic E-state index is 0.0609. The molecule has 0 saturated heterocycles. The molecule has 1 aliphatic rings. The molecule has 0 bridgehead atoms. The first-order chi connectivity index (χ1) is 11.5. The van der Waals surface area contributed by atoms with Gasteiger partial charge in [0, 0.05) is 10.7 Å². The second-order valence-electron chi connectivity index (χ2n) is 5.83. The summed E-state index contributed by atoms with van der Waals surface area (Å²) in [6, 6.07) is 8.92. The molecule has 1 aliphatic carbocycles. The Morgan fingerprint density at radius 1 is 1.08 bits per heavy atom. The van der Waals surface area contributed by atoms with E-state index in [-0.39, 0.29) is 10.8 Å². The minimum Gasteiger partial charge on any atom is -0.246 e. The summed E-state index contributed by atoms with van der Waals surface area (Å²) in [7, 11) is -3.70. The Morgan fingerprint density at radius 2 is 1.88 bits per heavy atom. The van der Waals surface area contributed by atoms with Gasteiger partial charge in [-0.3, -0.25) is 0 Å². The van der Waals surface area contributed by atoms with Crippen molar-refractivity contribution in [3.63, 3.8) is 0 Å². The summed E-state index contributed by atoms with van der Waals surface area (Å²) in [5.74, 6) is 0.0609. The highest BCUT2D eigenvalue weighted by molar-refractivity contribution is 9.10. The van der Waals surface area contributed by atoms with Crippen molar-refractivity contribution in [1.29, 1.82) is 0 Å². The molecule has 0 aliphatic heterocycles. The minimum atomic E-state index is -3.70. The summed E-state index contributed by atoms with van der Waals surface area (Å²) in [5.41, 5.74) is 2.94. The van der Waals surface area contributed by atoms with Gasteiger partial charge in [-0.15, -0.1) is 5.10 Å². The van der Waals surface area contributed by atoms with E-state index < -0.39 is 10.0 Å². The number of anilines is 1. The van der Waals surface area contributed by atoms with Gasteiger partial charge in [-0.1, -0.05) is 6.07 Å². The van der Waals surface area contributed by atoms with Gasteiger partial charge >= 0.3 is 0 Å². The lowest BCUT2D eigenvalue weighted by molar-refractivity contribution is 0.600. The number of fused-ring (bicyclic) bond motifs is 2. The third-order valence-electron chi connectivity index (χ3n) is 4.15. The van der Waals surface area contributed by atoms with Crippen molar-refractivity contribution in [2.24, 2.45) is 0 Å². The van der Waals surface area contributed by atoms with Crippen LogP contribution in [0.3, 0.4) is 0 Å². The van der Waals surface area contributed by atoms with Crippen LogP contribution in [0, 0.1) is 0 Å². The van der Waals surface area contributed by atoms with Crippen LogP contribution < -0.4 is 4.72 Å². The largest absolute Gasteiger partial charge is 0.264 e. The molecule has 1 N–H and O–H groups in total. The number of aromatic nitrogens is 3. The predicted octanol–water partition coefficient (Wildman–Crippen LogP) is 3.17. The van der Waals surface area contributed by atoms with Crippen molar-refractivity contribution in [3.8, 4) is 0 Å². The maximum atomic E-state index is 12.6. The molecule has 6 nitrogen and oxygen atoms in total. The third kappa shape index (κ3) is 2.91. The van der Waals surface area contributed by atoms with E-state index in [9.17, 15) is 8.42 Å². The van der Waals surface area contributed by atoms with Crippen LogP contribution in [-0.4, -0.2) is 23.0 Å². The van der Waals surface area contributed by atoms with E-state index in [1.54, 1.807) is 24.4 Å². The van der Waals surface area contributed by atoms with Gasteiger partial charge in [0.2, 0.25) is 0 Å². The van der Waals surface area contributed by atoms with E-state index in [0.717, 1.165) is 35.7 Å². The average Bonchev–Trinajstić information content (AvgIpc) is 2.94. The lowest BCUT2D eigenvalue weighted by Gasteiger charge is -2.16. The van der Waals surface area contributed by atoms with Crippen LogP contribution in [0.5, 0.6) is 0 Å². The maximum Gasteiger partial charge on any atom is 0.264 e. The molecule has 4 rings (SSSR count). The molecule has 0 unspecified atom stereocenters. The molecule has 0 atom stereocenters. The van der Waals surface area contributed by atoms with E-state index in [0.29, 0.717) is 5.65 Å². The highest BCUT2D eigenvalue weighted by Crippen LogP contribution is 2.25. The summed E-state index contributed by atoms with van der Waals surface area (Å²) in [6.45, 7) is 0. The number of sulfonamides is 1. The molecule has 2 heterocycles. The quantitative estimate of drug-likeness (QED) is 0.724. The SMILES string of the molecule is O=S(=O)(Nc1nc2ccc(Br)cn2n1)c1ccc2c(c1)CCCC2. The van der Waals surface area contributed by atoms with E-state index in [1.165, 1.54) is 10.1 Å². The average molecular weight is 407 g/mol. The van der Waals surface area contributed by atoms with Crippen molar-refractivity contribution < 1.29 is 8.42 Å². The Morgan fingerprint density at radius 3 is 2.71 bits per heavy atom. The highest BCUT2D eigenvalue weighted by Gasteiger charge is 2.19. The van der Waals surface area contributed by atoms with Crippen LogP contribution in [0.1, 0.15) is 24.0 Å². The van der Waals surface area contributed by atoms with Crippen LogP contribution in [0.2, 0.25) is 0 Å². The molecular weight excluding hydrogens is 392 g/mol. The van der Waals surface area contributed by atoms with E-state index in [1.807, 2.05) is 12.1 Å². The molecule has 0 fully saturated rings. The summed E-state index contributed by atoms with van der Waals surface area (Å²) in [6.07, 6.45) is 5.94. The number of benzene rings is 1. The van der Waals surface area contributed by atoms with Crippen molar-refractivity contribution in [1.82, 2.24) is 14.6 Å². The number of hydrogen-bond acceptors (Lipinski definition) is 4. The molecule has 0 amide bonds. The van der Waals surface area contributed by atoms with Gasteiger partial charge in [-0.25, -0.2) is 17.7 Å². The fourth-order valence-corrected chi connectivity index (χ4v) is 4.27. The van der Waals surface area contributed by atoms with Crippen LogP contribution in [-0.2, 0) is 22.9 Å². The van der Waals surface area contributed by atoms with Crippen molar-refractivity contribution >= 4 is 37.5 Å². The summed E-state index contributed by atoms with van der Waals surface area (Å²) < 4.78 is 30.1. The van der Waals surface area contributed by atoms with Gasteiger partial charge in [0.15, 0.2) is 5.65 Å². The third-order valence-corrected chi connectivity index (χ3v) is 5.95. The van der Waals surface area contributed by atoms with Crippen LogP contribution in [0.25, 0.3) is 5.65 Å². The number of nitrogens with zero attached hydrogens (tertiary/aromatic N) is 3. The zero-order valence-electron chi connectivity index (χ0n) is 12.7. The van der Waals surface area contributed by atoms with Crippen LogP contribution in [0.4, 0.5) is 5.95 Å². The van der Waals surface area contributed by atoms with Crippen molar-refractivity contribution in [3.05, 3.63) is 52.1 Å². The fraction of sp³-hybridized carbons (Fsp3) is 0.250.